The predicted octanol–water partition coefficient (Wildman–Crippen LogP) is 4.60. The third-order valence-corrected chi connectivity index (χ3v) is 12.5. The van der Waals surface area contributed by atoms with Gasteiger partial charge in [0.15, 0.2) is 10.8 Å². The van der Waals surface area contributed by atoms with Crippen molar-refractivity contribution in [2.75, 3.05) is 6.54 Å². The molecule has 4 aliphatic heterocycles. The first-order chi connectivity index (χ1) is 23.5. The van der Waals surface area contributed by atoms with Gasteiger partial charge in [0.25, 0.3) is 10.2 Å². The van der Waals surface area contributed by atoms with Crippen molar-refractivity contribution in [3.05, 3.63) is 93.6 Å². The topological polar surface area (TPSA) is 134 Å². The number of alkyl halides is 2. The molecule has 4 atom stereocenters. The van der Waals surface area contributed by atoms with Crippen molar-refractivity contribution >= 4 is 44.6 Å². The van der Waals surface area contributed by atoms with E-state index >= 15 is 0 Å². The molecule has 7 heterocycles. The largest absolute Gasteiger partial charge is 0.388 e. The number of nitrogens with zero attached hydrogens (tertiary/aromatic N) is 8. The van der Waals surface area contributed by atoms with Gasteiger partial charge < -0.3 is 14.6 Å². The van der Waals surface area contributed by atoms with Crippen molar-refractivity contribution in [2.45, 2.75) is 75.0 Å². The van der Waals surface area contributed by atoms with Gasteiger partial charge in [-0.3, -0.25) is 4.99 Å². The Hall–Kier alpha value is -3.61. The summed E-state index contributed by atoms with van der Waals surface area (Å²) in [7, 11) is -4.03. The zero-order valence-corrected chi connectivity index (χ0v) is 28.2. The zero-order chi connectivity index (χ0) is 34.1. The second-order valence-corrected chi connectivity index (χ2v) is 15.8. The normalized spacial score (nSPS) is 27.3. The van der Waals surface area contributed by atoms with Crippen LogP contribution in [0.4, 0.5) is 13.2 Å². The molecule has 0 aliphatic carbocycles. The van der Waals surface area contributed by atoms with Crippen molar-refractivity contribution in [2.24, 2.45) is 4.99 Å². The lowest BCUT2D eigenvalue weighted by Crippen LogP contribution is -2.58. The number of hydrogen-bond acceptors (Lipinski definition) is 9. The Bertz CT molecular complexity index is 2020. The third-order valence-electron chi connectivity index (χ3n) is 9.64. The first-order valence-corrected chi connectivity index (χ1v) is 18.4. The summed E-state index contributed by atoms with van der Waals surface area (Å²) in [5.74, 6) is -0.0922. The number of nitrogens with one attached hydrogen (secondary N) is 1. The molecule has 0 radical (unpaired) electrons. The fourth-order valence-corrected chi connectivity index (χ4v) is 10.6. The molecule has 4 aliphatic rings. The van der Waals surface area contributed by atoms with E-state index in [0.717, 1.165) is 12.3 Å². The molecule has 4 aromatic rings. The number of benzene rings is 1. The zero-order valence-electron chi connectivity index (χ0n) is 25.8. The van der Waals surface area contributed by atoms with E-state index in [1.165, 1.54) is 33.8 Å². The van der Waals surface area contributed by atoms with Crippen LogP contribution in [0.5, 0.6) is 0 Å². The summed E-state index contributed by atoms with van der Waals surface area (Å²) in [4.78, 5) is 15.4. The molecule has 2 unspecified atom stereocenters. The number of aliphatic hydroxyl groups is 1. The van der Waals surface area contributed by atoms with E-state index < -0.39 is 40.3 Å². The number of aromatic nitrogens is 5. The van der Waals surface area contributed by atoms with Crippen molar-refractivity contribution in [3.63, 3.8) is 0 Å². The Kier molecular flexibility index (Phi) is 8.19. The Morgan fingerprint density at radius 3 is 2.59 bits per heavy atom. The van der Waals surface area contributed by atoms with E-state index in [9.17, 15) is 26.7 Å². The number of fused-ring (bicyclic) bond motifs is 3. The first-order valence-electron chi connectivity index (χ1n) is 15.7. The summed E-state index contributed by atoms with van der Waals surface area (Å²) in [6.45, 7) is -2.37. The maximum absolute atomic E-state index is 14.2. The molecular formula is C31H31ClF3N9O3S2. The van der Waals surface area contributed by atoms with E-state index in [4.69, 9.17) is 16.6 Å². The lowest BCUT2D eigenvalue weighted by atomic mass is 9.87. The Morgan fingerprint density at radius 1 is 1.14 bits per heavy atom. The summed E-state index contributed by atoms with van der Waals surface area (Å²) in [6.07, 6.45) is 9.89. The average molecular weight is 734 g/mol. The average Bonchev–Trinajstić information content (AvgIpc) is 3.87. The predicted molar refractivity (Wildman–Crippen MR) is 175 cm³/mol. The minimum absolute atomic E-state index is 0.0934. The molecule has 1 aromatic carbocycles. The van der Waals surface area contributed by atoms with Crippen molar-refractivity contribution in [1.29, 1.82) is 0 Å². The van der Waals surface area contributed by atoms with Gasteiger partial charge in [0.1, 0.15) is 11.9 Å². The SMILES string of the molecule is O=S(=O)(N[C@H]1CC2=C(c3ccn(C(F)F)n3)[C@H](c3ccc(F)cc3Cl)N=C(c3nccs3)N2C1)N1C2CCC1CC(O)(Cn1ccnc1)C2. The number of halogens is 4. The van der Waals surface area contributed by atoms with E-state index in [0.29, 0.717) is 64.6 Å². The van der Waals surface area contributed by atoms with Gasteiger partial charge in [0.05, 0.1) is 24.2 Å². The molecule has 3 saturated heterocycles. The molecule has 49 heavy (non-hydrogen) atoms. The number of piperidine rings is 1. The van der Waals surface area contributed by atoms with E-state index in [2.05, 4.69) is 19.8 Å². The van der Waals surface area contributed by atoms with Crippen molar-refractivity contribution < 1.29 is 26.7 Å². The molecule has 258 valence electrons. The molecule has 12 nitrogen and oxygen atoms in total. The highest BCUT2D eigenvalue weighted by atomic mass is 35.5. The quantitative estimate of drug-likeness (QED) is 0.257. The molecule has 18 heteroatoms. The molecule has 0 spiro atoms. The fraction of sp³-hybridized carbons (Fsp3) is 0.419. The smallest absolute Gasteiger partial charge is 0.333 e. The van der Waals surface area contributed by atoms with Crippen LogP contribution in [0.25, 0.3) is 5.57 Å². The van der Waals surface area contributed by atoms with Gasteiger partial charge in [0, 0.05) is 83.1 Å². The monoisotopic (exact) mass is 733 g/mol. The summed E-state index contributed by atoms with van der Waals surface area (Å²) >= 11 is 7.90. The lowest BCUT2D eigenvalue weighted by Gasteiger charge is -2.43. The molecule has 3 fully saturated rings. The molecule has 0 saturated carbocycles. The van der Waals surface area contributed by atoms with Crippen molar-refractivity contribution in [3.8, 4) is 0 Å². The summed E-state index contributed by atoms with van der Waals surface area (Å²) in [5, 5.41) is 18.1. The van der Waals surface area contributed by atoms with Gasteiger partial charge in [0.2, 0.25) is 0 Å². The highest BCUT2D eigenvalue weighted by Crippen LogP contribution is 2.47. The number of hydrogen-bond donors (Lipinski definition) is 2. The molecule has 0 amide bonds. The van der Waals surface area contributed by atoms with Crippen molar-refractivity contribution in [1.82, 2.24) is 38.2 Å². The molecule has 2 bridgehead atoms. The van der Waals surface area contributed by atoms with Crippen LogP contribution in [0, 0.1) is 5.82 Å². The molecule has 3 aromatic heterocycles. The van der Waals surface area contributed by atoms with Crippen LogP contribution in [0.15, 0.2) is 71.4 Å². The van der Waals surface area contributed by atoms with Crippen LogP contribution in [0.1, 0.15) is 61.0 Å². The Balaban J connectivity index is 1.14. The summed E-state index contributed by atoms with van der Waals surface area (Å²) in [5.41, 5.74) is 0.654. The second-order valence-electron chi connectivity index (χ2n) is 12.9. The number of aliphatic imine (C=N–C) groups is 1. The van der Waals surface area contributed by atoms with Gasteiger partial charge in [-0.05, 0) is 43.9 Å². The summed E-state index contributed by atoms with van der Waals surface area (Å²) in [6, 6.07) is 3.11. The maximum Gasteiger partial charge on any atom is 0.333 e. The molecular weight excluding hydrogens is 703 g/mol. The maximum atomic E-state index is 14.2. The van der Waals surface area contributed by atoms with Crippen LogP contribution in [0.2, 0.25) is 5.02 Å². The minimum Gasteiger partial charge on any atom is -0.388 e. The van der Waals surface area contributed by atoms with Gasteiger partial charge in [-0.1, -0.05) is 17.7 Å². The Morgan fingerprint density at radius 2 is 1.94 bits per heavy atom. The third kappa shape index (κ3) is 5.99. The summed E-state index contributed by atoms with van der Waals surface area (Å²) < 4.78 is 76.6. The van der Waals surface area contributed by atoms with Gasteiger partial charge >= 0.3 is 6.55 Å². The highest BCUT2D eigenvalue weighted by molar-refractivity contribution is 7.87. The van der Waals surface area contributed by atoms with Crippen LogP contribution in [0.3, 0.4) is 0 Å². The lowest BCUT2D eigenvalue weighted by molar-refractivity contribution is -0.0420. The number of rotatable bonds is 9. The molecule has 2 N–H and O–H groups in total. The van der Waals surface area contributed by atoms with Crippen LogP contribution in [-0.4, -0.2) is 83.2 Å². The van der Waals surface area contributed by atoms with Crippen LogP contribution < -0.4 is 4.72 Å². The van der Waals surface area contributed by atoms with E-state index in [-0.39, 0.29) is 35.8 Å². The van der Waals surface area contributed by atoms with E-state index in [1.54, 1.807) is 34.9 Å². The first kappa shape index (κ1) is 32.6. The Labute approximate surface area is 288 Å². The van der Waals surface area contributed by atoms with Crippen LogP contribution in [-0.2, 0) is 16.8 Å². The minimum atomic E-state index is -4.03. The number of thiazole rings is 1. The van der Waals surface area contributed by atoms with Gasteiger partial charge in [-0.2, -0.15) is 31.3 Å². The van der Waals surface area contributed by atoms with E-state index in [1.807, 2.05) is 4.90 Å². The van der Waals surface area contributed by atoms with Gasteiger partial charge in [-0.15, -0.1) is 11.3 Å². The molecule has 8 rings (SSSR count). The number of amidine groups is 1. The number of imidazole rings is 1. The second kappa shape index (κ2) is 12.3. The van der Waals surface area contributed by atoms with Gasteiger partial charge in [-0.25, -0.2) is 19.0 Å². The fourth-order valence-electron chi connectivity index (χ4n) is 7.83. The van der Waals surface area contributed by atoms with Crippen LogP contribution >= 0.6 is 22.9 Å². The standard InChI is InChI=1S/C31H31ClF3N9O3S2/c32-23-11-18(33)1-4-22(23)27-26(24-5-8-43(39-24)30(34)35)25-12-19(15-42(25)28(38-27)29-37-7-10-48-29)40-49(46,47)44-20-2-3-21(44)14-31(45,13-20)16-41-9-6-36-17-41/h1,4-11,17,19-21,27,30,40,45H,2-3,12-16H2/t19-,20?,21?,27-,31?/m0/s1. The highest BCUT2D eigenvalue weighted by Gasteiger charge is 2.53.